The van der Waals surface area contributed by atoms with E-state index in [0.29, 0.717) is 12.1 Å². The number of carbonyl (C=O) groups is 1. The number of hydrogen-bond acceptors (Lipinski definition) is 4. The largest absolute Gasteiger partial charge is 0.405 e. The number of rotatable bonds is 4. The van der Waals surface area contributed by atoms with Crippen molar-refractivity contribution in [3.63, 3.8) is 0 Å². The molecule has 5 heteroatoms. The van der Waals surface area contributed by atoms with Crippen LogP contribution in [0.4, 0.5) is 0 Å². The van der Waals surface area contributed by atoms with Crippen molar-refractivity contribution in [2.45, 2.75) is 6.54 Å². The summed E-state index contributed by atoms with van der Waals surface area (Å²) in [5.74, 6) is -0.527. The highest BCUT2D eigenvalue weighted by atomic mass is 16.5. The zero-order valence-corrected chi connectivity index (χ0v) is 8.63. The van der Waals surface area contributed by atoms with Gasteiger partial charge in [-0.05, 0) is 30.0 Å². The highest BCUT2D eigenvalue weighted by Gasteiger charge is 2.02. The summed E-state index contributed by atoms with van der Waals surface area (Å²) in [6.45, 7) is 0.519. The first kappa shape index (κ1) is 11.9. The summed E-state index contributed by atoms with van der Waals surface area (Å²) in [5, 5.41) is 8.42. The Kier molecular flexibility index (Phi) is 4.75. The van der Waals surface area contributed by atoms with Crippen molar-refractivity contribution in [2.24, 2.45) is 10.7 Å². The summed E-state index contributed by atoms with van der Waals surface area (Å²) in [4.78, 5) is 15.1. The Morgan fingerprint density at radius 3 is 2.69 bits per heavy atom. The third kappa shape index (κ3) is 3.55. The Bertz CT molecular complexity index is 396. The van der Waals surface area contributed by atoms with Gasteiger partial charge in [0.1, 0.15) is 0 Å². The summed E-state index contributed by atoms with van der Waals surface area (Å²) >= 11 is 0. The number of amides is 1. The van der Waals surface area contributed by atoms with Gasteiger partial charge in [0.05, 0.1) is 6.54 Å². The second kappa shape index (κ2) is 6.36. The molecule has 0 radical (unpaired) electrons. The van der Waals surface area contributed by atoms with Gasteiger partial charge in [0.15, 0.2) is 0 Å². The highest BCUT2D eigenvalue weighted by molar-refractivity contribution is 5.93. The molecular formula is C11H13N3O2. The first-order chi connectivity index (χ1) is 7.77. The van der Waals surface area contributed by atoms with Crippen molar-refractivity contribution in [1.82, 2.24) is 5.48 Å². The normalized spacial score (nSPS) is 11.1. The van der Waals surface area contributed by atoms with E-state index in [0.717, 1.165) is 5.56 Å². The number of nitrogens with zero attached hydrogens (tertiary/aromatic N) is 1. The zero-order valence-electron chi connectivity index (χ0n) is 8.63. The van der Waals surface area contributed by atoms with Gasteiger partial charge >= 0.3 is 0 Å². The minimum Gasteiger partial charge on any atom is -0.405 e. The lowest BCUT2D eigenvalue weighted by Gasteiger charge is -2.00. The maximum absolute atomic E-state index is 11.0. The average molecular weight is 219 g/mol. The van der Waals surface area contributed by atoms with Crippen molar-refractivity contribution in [2.75, 3.05) is 0 Å². The second-order valence-electron chi connectivity index (χ2n) is 3.01. The van der Waals surface area contributed by atoms with Gasteiger partial charge in [-0.1, -0.05) is 12.1 Å². The number of nitrogens with two attached hydrogens (primary N) is 1. The quantitative estimate of drug-likeness (QED) is 0.398. The van der Waals surface area contributed by atoms with Crippen LogP contribution in [-0.2, 0) is 6.54 Å². The molecule has 0 saturated heterocycles. The number of hydrogen-bond donors (Lipinski definition) is 3. The molecule has 0 saturated carbocycles. The molecule has 0 aromatic heterocycles. The van der Waals surface area contributed by atoms with E-state index in [-0.39, 0.29) is 0 Å². The fourth-order valence-electron chi connectivity index (χ4n) is 1.09. The van der Waals surface area contributed by atoms with E-state index >= 15 is 0 Å². The maximum Gasteiger partial charge on any atom is 0.274 e. The van der Waals surface area contributed by atoms with Gasteiger partial charge in [0, 0.05) is 11.8 Å². The van der Waals surface area contributed by atoms with Crippen LogP contribution >= 0.6 is 0 Å². The highest BCUT2D eigenvalue weighted by Crippen LogP contribution is 2.05. The molecule has 1 amide bonds. The molecule has 4 N–H and O–H groups in total. The minimum absolute atomic E-state index is 0.400. The summed E-state index contributed by atoms with van der Waals surface area (Å²) in [5.41, 5.74) is 8.07. The van der Waals surface area contributed by atoms with E-state index in [9.17, 15) is 4.79 Å². The molecule has 0 aliphatic heterocycles. The molecule has 0 heterocycles. The first-order valence-electron chi connectivity index (χ1n) is 4.68. The lowest BCUT2D eigenvalue weighted by molar-refractivity contribution is 0.0706. The van der Waals surface area contributed by atoms with Crippen LogP contribution in [0.5, 0.6) is 0 Å². The fraction of sp³-hybridized carbons (Fsp3) is 0.0909. The Balaban J connectivity index is 2.61. The van der Waals surface area contributed by atoms with Gasteiger partial charge in [0.2, 0.25) is 0 Å². The van der Waals surface area contributed by atoms with Gasteiger partial charge in [-0.2, -0.15) is 0 Å². The van der Waals surface area contributed by atoms with Crippen LogP contribution in [0.2, 0.25) is 0 Å². The molecule has 84 valence electrons. The predicted molar refractivity (Wildman–Crippen MR) is 61.2 cm³/mol. The van der Waals surface area contributed by atoms with Crippen LogP contribution in [0.25, 0.3) is 0 Å². The lowest BCUT2D eigenvalue weighted by Crippen LogP contribution is -2.18. The van der Waals surface area contributed by atoms with E-state index in [2.05, 4.69) is 4.99 Å². The minimum atomic E-state index is -0.527. The van der Waals surface area contributed by atoms with Crippen LogP contribution in [0.15, 0.2) is 41.5 Å². The summed E-state index contributed by atoms with van der Waals surface area (Å²) in [6, 6.07) is 6.78. The smallest absolute Gasteiger partial charge is 0.274 e. The summed E-state index contributed by atoms with van der Waals surface area (Å²) in [6.07, 6.45) is 4.64. The van der Waals surface area contributed by atoms with Crippen molar-refractivity contribution in [1.29, 1.82) is 0 Å². The number of nitrogens with one attached hydrogen (secondary N) is 1. The Morgan fingerprint density at radius 2 is 2.12 bits per heavy atom. The standard InChI is InChI=1S/C11H13N3O2/c12-6-1-7-13-8-9-2-4-10(5-3-9)11(15)14-16/h1-7,16H,8,12H2,(H,14,15). The number of benzene rings is 1. The van der Waals surface area contributed by atoms with E-state index < -0.39 is 5.91 Å². The van der Waals surface area contributed by atoms with E-state index in [1.807, 2.05) is 0 Å². The first-order valence-corrected chi connectivity index (χ1v) is 4.68. The van der Waals surface area contributed by atoms with Gasteiger partial charge in [-0.3, -0.25) is 15.0 Å². The SMILES string of the molecule is NC=CC=NCc1ccc(C(=O)NO)cc1. The van der Waals surface area contributed by atoms with Crippen LogP contribution < -0.4 is 11.2 Å². The molecule has 0 unspecified atom stereocenters. The molecule has 0 atom stereocenters. The molecule has 0 bridgehead atoms. The maximum atomic E-state index is 11.0. The number of aliphatic imine (C=N–C) groups is 1. The summed E-state index contributed by atoms with van der Waals surface area (Å²) < 4.78 is 0. The molecule has 1 aromatic carbocycles. The van der Waals surface area contributed by atoms with Crippen LogP contribution in [0.1, 0.15) is 15.9 Å². The third-order valence-corrected chi connectivity index (χ3v) is 1.89. The topological polar surface area (TPSA) is 87.7 Å². The summed E-state index contributed by atoms with van der Waals surface area (Å²) in [7, 11) is 0. The Hall–Kier alpha value is -2.14. The number of carbonyl (C=O) groups excluding carboxylic acids is 1. The molecule has 5 nitrogen and oxygen atoms in total. The van der Waals surface area contributed by atoms with Crippen molar-refractivity contribution in [3.8, 4) is 0 Å². The van der Waals surface area contributed by atoms with Crippen molar-refractivity contribution < 1.29 is 10.0 Å². The monoisotopic (exact) mass is 219 g/mol. The molecule has 0 aliphatic carbocycles. The molecule has 1 aromatic rings. The lowest BCUT2D eigenvalue weighted by atomic mass is 10.1. The molecule has 0 fully saturated rings. The molecular weight excluding hydrogens is 206 g/mol. The van der Waals surface area contributed by atoms with Gasteiger partial charge in [-0.25, -0.2) is 5.48 Å². The predicted octanol–water partition coefficient (Wildman–Crippen LogP) is 0.849. The van der Waals surface area contributed by atoms with Crippen LogP contribution in [-0.4, -0.2) is 17.3 Å². The Labute approximate surface area is 93.3 Å². The molecule has 0 spiro atoms. The fourth-order valence-corrected chi connectivity index (χ4v) is 1.09. The number of allylic oxidation sites excluding steroid dienone is 1. The molecule has 1 rings (SSSR count). The van der Waals surface area contributed by atoms with E-state index in [1.165, 1.54) is 6.20 Å². The second-order valence-corrected chi connectivity index (χ2v) is 3.01. The molecule has 0 aliphatic rings. The van der Waals surface area contributed by atoms with E-state index in [4.69, 9.17) is 10.9 Å². The van der Waals surface area contributed by atoms with Gasteiger partial charge in [0.25, 0.3) is 5.91 Å². The third-order valence-electron chi connectivity index (χ3n) is 1.89. The molecule has 16 heavy (non-hydrogen) atoms. The van der Waals surface area contributed by atoms with Crippen molar-refractivity contribution in [3.05, 3.63) is 47.7 Å². The van der Waals surface area contributed by atoms with Crippen molar-refractivity contribution >= 4 is 12.1 Å². The average Bonchev–Trinajstić information content (AvgIpc) is 2.34. The van der Waals surface area contributed by atoms with E-state index in [1.54, 1.807) is 42.0 Å². The number of hydroxylamine groups is 1. The zero-order chi connectivity index (χ0) is 11.8. The van der Waals surface area contributed by atoms with Crippen LogP contribution in [0, 0.1) is 0 Å². The van der Waals surface area contributed by atoms with Gasteiger partial charge in [-0.15, -0.1) is 0 Å². The van der Waals surface area contributed by atoms with Crippen LogP contribution in [0.3, 0.4) is 0 Å². The Morgan fingerprint density at radius 1 is 1.44 bits per heavy atom. The van der Waals surface area contributed by atoms with Gasteiger partial charge < -0.3 is 5.73 Å².